The van der Waals surface area contributed by atoms with Gasteiger partial charge < -0.3 is 5.32 Å². The van der Waals surface area contributed by atoms with Crippen LogP contribution in [0.5, 0.6) is 0 Å². The van der Waals surface area contributed by atoms with Crippen LogP contribution in [0.1, 0.15) is 46.0 Å². The van der Waals surface area contributed by atoms with Gasteiger partial charge in [-0.25, -0.2) is 0 Å². The highest BCUT2D eigenvalue weighted by molar-refractivity contribution is 4.95. The van der Waals surface area contributed by atoms with Gasteiger partial charge in [-0.3, -0.25) is 0 Å². The van der Waals surface area contributed by atoms with Crippen molar-refractivity contribution in [2.45, 2.75) is 52.0 Å². The zero-order valence-corrected chi connectivity index (χ0v) is 8.90. The van der Waals surface area contributed by atoms with E-state index >= 15 is 0 Å². The second-order valence-electron chi connectivity index (χ2n) is 3.84. The van der Waals surface area contributed by atoms with E-state index in [1.54, 1.807) is 0 Å². The van der Waals surface area contributed by atoms with Gasteiger partial charge in [-0.1, -0.05) is 19.8 Å². The fourth-order valence-corrected chi connectivity index (χ4v) is 2.24. The summed E-state index contributed by atoms with van der Waals surface area (Å²) in [6.45, 7) is 5.28. The van der Waals surface area contributed by atoms with E-state index in [4.69, 9.17) is 0 Å². The van der Waals surface area contributed by atoms with Crippen LogP contribution in [-0.2, 0) is 0 Å². The van der Waals surface area contributed by atoms with E-state index in [0.717, 1.165) is 24.9 Å². The lowest BCUT2D eigenvalue weighted by molar-refractivity contribution is 0.394. The molecule has 1 aliphatic carbocycles. The van der Waals surface area contributed by atoms with E-state index in [2.05, 4.69) is 24.1 Å². The van der Waals surface area contributed by atoms with Crippen molar-refractivity contribution in [1.29, 1.82) is 0 Å². The molecule has 1 rings (SSSR count). The van der Waals surface area contributed by atoms with Crippen molar-refractivity contribution in [2.24, 2.45) is 5.92 Å². The minimum Gasteiger partial charge on any atom is -0.313 e. The van der Waals surface area contributed by atoms with Crippen LogP contribution in [0.3, 0.4) is 0 Å². The van der Waals surface area contributed by atoms with Crippen molar-refractivity contribution in [3.8, 4) is 11.8 Å². The molecule has 0 radical (unpaired) electrons. The maximum atomic E-state index is 3.61. The Bertz CT molecular complexity index is 187. The maximum Gasteiger partial charge on any atom is 0.0214 e. The second-order valence-corrected chi connectivity index (χ2v) is 3.84. The molecule has 0 amide bonds. The lowest BCUT2D eigenvalue weighted by atomic mass is 10.0. The highest BCUT2D eigenvalue weighted by Crippen LogP contribution is 2.27. The third kappa shape index (κ3) is 3.40. The summed E-state index contributed by atoms with van der Waals surface area (Å²) in [6.07, 6.45) is 6.54. The molecular formula is C12H21N. The standard InChI is InChI=1S/C12H21N/c1-3-5-6-10-13-12-9-7-8-11(12)4-2/h11-13H,4,6-10H2,1-2H3. The van der Waals surface area contributed by atoms with E-state index in [-0.39, 0.29) is 0 Å². The van der Waals surface area contributed by atoms with E-state index < -0.39 is 0 Å². The van der Waals surface area contributed by atoms with Gasteiger partial charge in [0.15, 0.2) is 0 Å². The van der Waals surface area contributed by atoms with Gasteiger partial charge in [0.2, 0.25) is 0 Å². The van der Waals surface area contributed by atoms with Gasteiger partial charge >= 0.3 is 0 Å². The molecule has 74 valence electrons. The van der Waals surface area contributed by atoms with E-state index in [1.165, 1.54) is 25.7 Å². The number of nitrogens with one attached hydrogen (secondary N) is 1. The largest absolute Gasteiger partial charge is 0.313 e. The van der Waals surface area contributed by atoms with Crippen LogP contribution >= 0.6 is 0 Å². The lowest BCUT2D eigenvalue weighted by Gasteiger charge is -2.18. The maximum absolute atomic E-state index is 3.61. The molecule has 0 spiro atoms. The minimum absolute atomic E-state index is 0.781. The highest BCUT2D eigenvalue weighted by Gasteiger charge is 2.24. The SMILES string of the molecule is CC#CCCNC1CCCC1CC. The third-order valence-electron chi connectivity index (χ3n) is 3.02. The quantitative estimate of drug-likeness (QED) is 0.516. The first-order valence-corrected chi connectivity index (χ1v) is 5.51. The average molecular weight is 179 g/mol. The van der Waals surface area contributed by atoms with Crippen LogP contribution in [0, 0.1) is 17.8 Å². The zero-order chi connectivity index (χ0) is 9.52. The predicted molar refractivity (Wildman–Crippen MR) is 57.5 cm³/mol. The van der Waals surface area contributed by atoms with Crippen molar-refractivity contribution in [3.63, 3.8) is 0 Å². The summed E-state index contributed by atoms with van der Waals surface area (Å²) in [5, 5.41) is 3.61. The topological polar surface area (TPSA) is 12.0 Å². The fourth-order valence-electron chi connectivity index (χ4n) is 2.24. The summed E-state index contributed by atoms with van der Waals surface area (Å²) in [4.78, 5) is 0. The molecule has 1 fully saturated rings. The van der Waals surface area contributed by atoms with Gasteiger partial charge in [-0.15, -0.1) is 11.8 Å². The van der Waals surface area contributed by atoms with Crippen molar-refractivity contribution < 1.29 is 0 Å². The van der Waals surface area contributed by atoms with E-state index in [1.807, 2.05) is 6.92 Å². The van der Waals surface area contributed by atoms with Crippen molar-refractivity contribution in [1.82, 2.24) is 5.32 Å². The number of hydrogen-bond acceptors (Lipinski definition) is 1. The summed E-state index contributed by atoms with van der Waals surface area (Å²) < 4.78 is 0. The Morgan fingerprint density at radius 3 is 2.92 bits per heavy atom. The molecular weight excluding hydrogens is 158 g/mol. The summed E-state index contributed by atoms with van der Waals surface area (Å²) in [7, 11) is 0. The normalized spacial score (nSPS) is 26.9. The lowest BCUT2D eigenvalue weighted by Crippen LogP contribution is -2.32. The Hall–Kier alpha value is -0.480. The first-order chi connectivity index (χ1) is 6.38. The highest BCUT2D eigenvalue weighted by atomic mass is 14.9. The van der Waals surface area contributed by atoms with Crippen molar-refractivity contribution in [2.75, 3.05) is 6.54 Å². The number of rotatable bonds is 4. The van der Waals surface area contributed by atoms with Crippen LogP contribution in [-0.4, -0.2) is 12.6 Å². The molecule has 2 unspecified atom stereocenters. The molecule has 1 N–H and O–H groups in total. The minimum atomic E-state index is 0.781. The molecule has 0 aromatic rings. The molecule has 1 heteroatoms. The van der Waals surface area contributed by atoms with Gasteiger partial charge in [0.05, 0.1) is 0 Å². The molecule has 0 heterocycles. The summed E-state index contributed by atoms with van der Waals surface area (Å²) >= 11 is 0. The second kappa shape index (κ2) is 6.05. The Balaban J connectivity index is 2.15. The Labute approximate surface area is 82.3 Å². The molecule has 1 nitrogen and oxygen atoms in total. The van der Waals surface area contributed by atoms with Crippen LogP contribution < -0.4 is 5.32 Å². The van der Waals surface area contributed by atoms with Crippen molar-refractivity contribution >= 4 is 0 Å². The zero-order valence-electron chi connectivity index (χ0n) is 8.90. The molecule has 2 atom stereocenters. The summed E-state index contributed by atoms with van der Waals surface area (Å²) in [6, 6.07) is 0.781. The molecule has 0 aromatic carbocycles. The van der Waals surface area contributed by atoms with E-state index in [9.17, 15) is 0 Å². The van der Waals surface area contributed by atoms with Gasteiger partial charge in [0.1, 0.15) is 0 Å². The molecule has 0 aromatic heterocycles. The first kappa shape index (κ1) is 10.6. The van der Waals surface area contributed by atoms with E-state index in [0.29, 0.717) is 0 Å². The average Bonchev–Trinajstić information content (AvgIpc) is 2.60. The Morgan fingerprint density at radius 1 is 1.38 bits per heavy atom. The van der Waals surface area contributed by atoms with Crippen LogP contribution in [0.25, 0.3) is 0 Å². The molecule has 1 aliphatic rings. The molecule has 0 bridgehead atoms. The summed E-state index contributed by atoms with van der Waals surface area (Å²) in [5.41, 5.74) is 0. The van der Waals surface area contributed by atoms with Crippen LogP contribution in [0.15, 0.2) is 0 Å². The third-order valence-corrected chi connectivity index (χ3v) is 3.02. The Kier molecular flexibility index (Phi) is 4.93. The van der Waals surface area contributed by atoms with Gasteiger partial charge in [-0.2, -0.15) is 0 Å². The van der Waals surface area contributed by atoms with Gasteiger partial charge in [-0.05, 0) is 25.7 Å². The van der Waals surface area contributed by atoms with Gasteiger partial charge in [0.25, 0.3) is 0 Å². The Morgan fingerprint density at radius 2 is 2.23 bits per heavy atom. The predicted octanol–water partition coefficient (Wildman–Crippen LogP) is 2.57. The number of hydrogen-bond donors (Lipinski definition) is 1. The van der Waals surface area contributed by atoms with Crippen molar-refractivity contribution in [3.05, 3.63) is 0 Å². The first-order valence-electron chi connectivity index (χ1n) is 5.51. The molecule has 13 heavy (non-hydrogen) atoms. The van der Waals surface area contributed by atoms with Gasteiger partial charge in [0, 0.05) is 19.0 Å². The fraction of sp³-hybridized carbons (Fsp3) is 0.833. The van der Waals surface area contributed by atoms with Crippen LogP contribution in [0.4, 0.5) is 0 Å². The van der Waals surface area contributed by atoms with Crippen LogP contribution in [0.2, 0.25) is 0 Å². The molecule has 0 saturated heterocycles. The smallest absolute Gasteiger partial charge is 0.0214 e. The molecule has 0 aliphatic heterocycles. The molecule has 1 saturated carbocycles. The summed E-state index contributed by atoms with van der Waals surface area (Å²) in [5.74, 6) is 6.95. The monoisotopic (exact) mass is 179 g/mol.